The molecule has 2 aliphatic rings. The van der Waals surface area contributed by atoms with E-state index in [1.807, 2.05) is 12.1 Å². The minimum atomic E-state index is -1.81. The maximum atomic E-state index is 13.3. The second-order valence-corrected chi connectivity index (χ2v) is 7.89. The van der Waals surface area contributed by atoms with E-state index in [0.717, 1.165) is 0 Å². The fourth-order valence-corrected chi connectivity index (χ4v) is 4.28. The molecule has 0 bridgehead atoms. The van der Waals surface area contributed by atoms with Gasteiger partial charge in [0.15, 0.2) is 12.2 Å². The van der Waals surface area contributed by atoms with Gasteiger partial charge in [-0.1, -0.05) is 37.3 Å². The molecule has 4 rings (SSSR count). The standard InChI is InChI=1S/C25H26N2O5/c1-3-13-26-20-12-11-18(27-21-9-4-5-10-22(21)32-16-23(27)29)15-19(20)25(31,24(26)30)17(2)8-6-7-14-28/h3-6,8-12,15,17,28,31H,1,7,13-14,16H2,2H3/b8-6+/t17-,25+/m1/s1. The van der Waals surface area contributed by atoms with Crippen LogP contribution in [-0.4, -0.2) is 41.8 Å². The van der Waals surface area contributed by atoms with E-state index in [1.54, 1.807) is 60.4 Å². The van der Waals surface area contributed by atoms with Crippen molar-refractivity contribution < 1.29 is 24.5 Å². The summed E-state index contributed by atoms with van der Waals surface area (Å²) < 4.78 is 5.54. The SMILES string of the molecule is C=CCN1C(=O)[C@](O)([C@H](C)/C=C/CCO)c2cc(N3C(=O)COc4ccccc43)ccc21. The summed E-state index contributed by atoms with van der Waals surface area (Å²) in [4.78, 5) is 29.2. The Morgan fingerprint density at radius 1 is 1.22 bits per heavy atom. The largest absolute Gasteiger partial charge is 0.482 e. The van der Waals surface area contributed by atoms with Crippen molar-refractivity contribution in [3.8, 4) is 5.75 Å². The van der Waals surface area contributed by atoms with Crippen LogP contribution in [0.4, 0.5) is 17.1 Å². The lowest BCUT2D eigenvalue weighted by Gasteiger charge is -2.31. The minimum absolute atomic E-state index is 0.0164. The Morgan fingerprint density at radius 3 is 2.75 bits per heavy atom. The van der Waals surface area contributed by atoms with Crippen molar-refractivity contribution in [1.29, 1.82) is 0 Å². The first-order valence-corrected chi connectivity index (χ1v) is 10.6. The van der Waals surface area contributed by atoms with Crippen molar-refractivity contribution in [1.82, 2.24) is 0 Å². The van der Waals surface area contributed by atoms with E-state index in [-0.39, 0.29) is 25.7 Å². The summed E-state index contributed by atoms with van der Waals surface area (Å²) in [7, 11) is 0. The van der Waals surface area contributed by atoms with Crippen LogP contribution in [0.3, 0.4) is 0 Å². The van der Waals surface area contributed by atoms with Gasteiger partial charge in [0.1, 0.15) is 5.75 Å². The number of hydrogen-bond donors (Lipinski definition) is 2. The van der Waals surface area contributed by atoms with Crippen molar-refractivity contribution in [2.75, 3.05) is 29.6 Å². The highest BCUT2D eigenvalue weighted by Gasteiger charge is 2.52. The molecule has 2 aromatic rings. The van der Waals surface area contributed by atoms with Crippen molar-refractivity contribution in [2.45, 2.75) is 18.9 Å². The Hall–Kier alpha value is -3.42. The van der Waals surface area contributed by atoms with Gasteiger partial charge in [0.25, 0.3) is 11.8 Å². The molecule has 7 nitrogen and oxygen atoms in total. The number of aliphatic hydroxyl groups is 2. The average molecular weight is 434 g/mol. The first-order chi connectivity index (χ1) is 15.4. The lowest BCUT2D eigenvalue weighted by Crippen LogP contribution is -2.44. The van der Waals surface area contributed by atoms with Crippen LogP contribution >= 0.6 is 0 Å². The van der Waals surface area contributed by atoms with E-state index >= 15 is 0 Å². The van der Waals surface area contributed by atoms with Crippen LogP contribution in [0.5, 0.6) is 5.75 Å². The molecule has 32 heavy (non-hydrogen) atoms. The number of ether oxygens (including phenoxy) is 1. The number of rotatable bonds is 7. The van der Waals surface area contributed by atoms with Crippen LogP contribution in [-0.2, 0) is 15.2 Å². The third-order valence-electron chi connectivity index (χ3n) is 5.91. The Kier molecular flexibility index (Phi) is 5.86. The van der Waals surface area contributed by atoms with Gasteiger partial charge in [0, 0.05) is 30.3 Å². The lowest BCUT2D eigenvalue weighted by molar-refractivity contribution is -0.139. The van der Waals surface area contributed by atoms with E-state index in [2.05, 4.69) is 6.58 Å². The molecule has 2 N–H and O–H groups in total. The molecule has 0 radical (unpaired) electrons. The van der Waals surface area contributed by atoms with Crippen molar-refractivity contribution in [3.63, 3.8) is 0 Å². The number of aliphatic hydroxyl groups excluding tert-OH is 1. The molecular weight excluding hydrogens is 408 g/mol. The molecule has 0 spiro atoms. The number of nitrogens with zero attached hydrogens (tertiary/aromatic N) is 2. The van der Waals surface area contributed by atoms with Gasteiger partial charge in [-0.05, 0) is 36.8 Å². The van der Waals surface area contributed by atoms with E-state index in [0.29, 0.717) is 34.8 Å². The molecular formula is C25H26N2O5. The van der Waals surface area contributed by atoms with Gasteiger partial charge >= 0.3 is 0 Å². The second-order valence-electron chi connectivity index (χ2n) is 7.89. The monoisotopic (exact) mass is 434 g/mol. The van der Waals surface area contributed by atoms with Gasteiger partial charge < -0.3 is 19.8 Å². The number of para-hydroxylation sites is 2. The van der Waals surface area contributed by atoms with Gasteiger partial charge in [0.2, 0.25) is 0 Å². The predicted molar refractivity (Wildman–Crippen MR) is 122 cm³/mol. The summed E-state index contributed by atoms with van der Waals surface area (Å²) >= 11 is 0. The van der Waals surface area contributed by atoms with Crippen LogP contribution in [0.2, 0.25) is 0 Å². The third kappa shape index (κ3) is 3.39. The third-order valence-corrected chi connectivity index (χ3v) is 5.91. The zero-order valence-corrected chi connectivity index (χ0v) is 17.9. The van der Waals surface area contributed by atoms with Crippen molar-refractivity contribution in [2.24, 2.45) is 5.92 Å². The van der Waals surface area contributed by atoms with E-state index in [1.165, 1.54) is 4.90 Å². The maximum Gasteiger partial charge on any atom is 0.269 e. The number of carbonyl (C=O) groups excluding carboxylic acids is 2. The summed E-state index contributed by atoms with van der Waals surface area (Å²) in [5.74, 6) is -0.652. The molecule has 2 aliphatic heterocycles. The molecule has 0 aromatic heterocycles. The zero-order chi connectivity index (χ0) is 22.9. The normalized spacial score (nSPS) is 20.8. The Bertz CT molecular complexity index is 1100. The summed E-state index contributed by atoms with van der Waals surface area (Å²) in [6.45, 7) is 5.62. The fourth-order valence-electron chi connectivity index (χ4n) is 4.28. The highest BCUT2D eigenvalue weighted by atomic mass is 16.5. The van der Waals surface area contributed by atoms with Gasteiger partial charge in [-0.15, -0.1) is 6.58 Å². The van der Waals surface area contributed by atoms with Gasteiger partial charge in [-0.3, -0.25) is 14.5 Å². The molecule has 0 unspecified atom stereocenters. The van der Waals surface area contributed by atoms with E-state index in [9.17, 15) is 14.7 Å². The molecule has 2 aromatic carbocycles. The maximum absolute atomic E-state index is 13.3. The highest BCUT2D eigenvalue weighted by molar-refractivity contribution is 6.09. The number of carbonyl (C=O) groups is 2. The molecule has 2 amide bonds. The topological polar surface area (TPSA) is 90.3 Å². The Balaban J connectivity index is 1.83. The van der Waals surface area contributed by atoms with E-state index in [4.69, 9.17) is 9.84 Å². The van der Waals surface area contributed by atoms with Crippen LogP contribution in [0.15, 0.2) is 67.3 Å². The number of benzene rings is 2. The van der Waals surface area contributed by atoms with E-state index < -0.39 is 17.4 Å². The van der Waals surface area contributed by atoms with Crippen molar-refractivity contribution >= 4 is 28.9 Å². The fraction of sp³-hybridized carbons (Fsp3) is 0.280. The predicted octanol–water partition coefficient (Wildman–Crippen LogP) is 3.04. The van der Waals surface area contributed by atoms with Crippen LogP contribution in [0.25, 0.3) is 0 Å². The van der Waals surface area contributed by atoms with Crippen LogP contribution in [0, 0.1) is 5.92 Å². The summed E-state index contributed by atoms with van der Waals surface area (Å²) in [5, 5.41) is 20.8. The number of hydrogen-bond acceptors (Lipinski definition) is 5. The molecule has 7 heteroatoms. The molecule has 0 aliphatic carbocycles. The van der Waals surface area contributed by atoms with Crippen molar-refractivity contribution in [3.05, 3.63) is 72.8 Å². The number of amides is 2. The molecule has 0 saturated heterocycles. The molecule has 2 heterocycles. The smallest absolute Gasteiger partial charge is 0.269 e. The van der Waals surface area contributed by atoms with Gasteiger partial charge in [0.05, 0.1) is 11.4 Å². The summed E-state index contributed by atoms with van der Waals surface area (Å²) in [6.07, 6.45) is 5.51. The first kappa shape index (κ1) is 21.8. The molecule has 0 fully saturated rings. The Labute approximate surface area is 186 Å². The zero-order valence-electron chi connectivity index (χ0n) is 17.9. The minimum Gasteiger partial charge on any atom is -0.482 e. The molecule has 0 saturated carbocycles. The average Bonchev–Trinajstić information content (AvgIpc) is 3.01. The van der Waals surface area contributed by atoms with Gasteiger partial charge in [-0.25, -0.2) is 0 Å². The second kappa shape index (κ2) is 8.61. The quantitative estimate of drug-likeness (QED) is 0.654. The first-order valence-electron chi connectivity index (χ1n) is 10.6. The van der Waals surface area contributed by atoms with Crippen LogP contribution < -0.4 is 14.5 Å². The lowest BCUT2D eigenvalue weighted by atomic mass is 9.82. The highest BCUT2D eigenvalue weighted by Crippen LogP contribution is 2.48. The number of fused-ring (bicyclic) bond motifs is 2. The molecule has 2 atom stereocenters. The molecule has 166 valence electrons. The van der Waals surface area contributed by atoms with Gasteiger partial charge in [-0.2, -0.15) is 0 Å². The van der Waals surface area contributed by atoms with Crippen LogP contribution in [0.1, 0.15) is 18.9 Å². The summed E-state index contributed by atoms with van der Waals surface area (Å²) in [5.41, 5.74) is 0.352. The summed E-state index contributed by atoms with van der Waals surface area (Å²) in [6, 6.07) is 12.5. The number of anilines is 3. The Morgan fingerprint density at radius 2 is 2.00 bits per heavy atom.